The van der Waals surface area contributed by atoms with Gasteiger partial charge in [-0.3, -0.25) is 0 Å². The minimum absolute atomic E-state index is 0. The molecule has 0 amide bonds. The number of hydrogen-bond acceptors (Lipinski definition) is 3. The van der Waals surface area contributed by atoms with Gasteiger partial charge in [-0.15, -0.1) is 12.4 Å². The minimum Gasteiger partial charge on any atom is -0.491 e. The van der Waals surface area contributed by atoms with Crippen molar-refractivity contribution in [2.45, 2.75) is 18.9 Å². The largest absolute Gasteiger partial charge is 0.491 e. The third-order valence-corrected chi connectivity index (χ3v) is 3.93. The molecule has 1 unspecified atom stereocenters. The molecular formula is C19H24ClNO2. The van der Waals surface area contributed by atoms with E-state index in [0.29, 0.717) is 6.61 Å². The SMILES string of the molecule is Cl.c1ccc(CCc2ccccc2OCC2CNCCO2)cc1. The summed E-state index contributed by atoms with van der Waals surface area (Å²) in [7, 11) is 0. The van der Waals surface area contributed by atoms with Crippen molar-refractivity contribution in [1.29, 1.82) is 0 Å². The van der Waals surface area contributed by atoms with E-state index in [2.05, 4.69) is 53.8 Å². The number of benzene rings is 2. The smallest absolute Gasteiger partial charge is 0.122 e. The lowest BCUT2D eigenvalue weighted by Crippen LogP contribution is -2.41. The van der Waals surface area contributed by atoms with Crippen molar-refractivity contribution in [2.75, 3.05) is 26.3 Å². The van der Waals surface area contributed by atoms with Gasteiger partial charge in [0.05, 0.1) is 6.61 Å². The molecule has 0 bridgehead atoms. The molecule has 0 saturated carbocycles. The Morgan fingerprint density at radius 1 is 1.00 bits per heavy atom. The summed E-state index contributed by atoms with van der Waals surface area (Å²) in [6.07, 6.45) is 2.17. The number of rotatable bonds is 6. The van der Waals surface area contributed by atoms with Crippen LogP contribution < -0.4 is 10.1 Å². The number of halogens is 1. The zero-order chi connectivity index (χ0) is 15.0. The second-order valence-electron chi connectivity index (χ2n) is 5.60. The zero-order valence-corrected chi connectivity index (χ0v) is 14.1. The first-order valence-corrected chi connectivity index (χ1v) is 7.99. The van der Waals surface area contributed by atoms with Crippen LogP contribution in [0.5, 0.6) is 5.75 Å². The quantitative estimate of drug-likeness (QED) is 0.880. The first-order valence-electron chi connectivity index (χ1n) is 7.99. The molecular weight excluding hydrogens is 310 g/mol. The second kappa shape index (κ2) is 9.56. The molecule has 3 rings (SSSR count). The van der Waals surface area contributed by atoms with E-state index in [1.165, 1.54) is 11.1 Å². The highest BCUT2D eigenvalue weighted by molar-refractivity contribution is 5.85. The standard InChI is InChI=1S/C19H23NO2.ClH/c1-2-6-16(7-3-1)10-11-17-8-4-5-9-19(17)22-15-18-14-20-12-13-21-18;/h1-9,18,20H,10-15H2;1H. The summed E-state index contributed by atoms with van der Waals surface area (Å²) in [6, 6.07) is 18.9. The van der Waals surface area contributed by atoms with Crippen molar-refractivity contribution in [3.05, 3.63) is 65.7 Å². The van der Waals surface area contributed by atoms with Gasteiger partial charge in [0.1, 0.15) is 18.5 Å². The van der Waals surface area contributed by atoms with E-state index in [1.54, 1.807) is 0 Å². The average Bonchev–Trinajstić information content (AvgIpc) is 2.61. The van der Waals surface area contributed by atoms with E-state index >= 15 is 0 Å². The van der Waals surface area contributed by atoms with Gasteiger partial charge in [-0.1, -0.05) is 48.5 Å². The van der Waals surface area contributed by atoms with Crippen molar-refractivity contribution in [3.8, 4) is 5.75 Å². The van der Waals surface area contributed by atoms with Crippen LogP contribution in [-0.4, -0.2) is 32.4 Å². The molecule has 2 aromatic rings. The molecule has 0 spiro atoms. The lowest BCUT2D eigenvalue weighted by molar-refractivity contribution is 0.0000137. The van der Waals surface area contributed by atoms with Crippen molar-refractivity contribution >= 4 is 12.4 Å². The lowest BCUT2D eigenvalue weighted by Gasteiger charge is -2.24. The van der Waals surface area contributed by atoms with Gasteiger partial charge in [0.2, 0.25) is 0 Å². The second-order valence-corrected chi connectivity index (χ2v) is 5.60. The summed E-state index contributed by atoms with van der Waals surface area (Å²) < 4.78 is 11.7. The fraction of sp³-hybridized carbons (Fsp3) is 0.368. The molecule has 0 radical (unpaired) electrons. The van der Waals surface area contributed by atoms with Crippen LogP contribution in [0, 0.1) is 0 Å². The van der Waals surface area contributed by atoms with Gasteiger partial charge in [-0.2, -0.15) is 0 Å². The number of para-hydroxylation sites is 1. The van der Waals surface area contributed by atoms with Gasteiger partial charge in [0.25, 0.3) is 0 Å². The van der Waals surface area contributed by atoms with Crippen LogP contribution in [0.4, 0.5) is 0 Å². The van der Waals surface area contributed by atoms with Gasteiger partial charge in [0.15, 0.2) is 0 Å². The van der Waals surface area contributed by atoms with Crippen LogP contribution in [0.15, 0.2) is 54.6 Å². The molecule has 3 nitrogen and oxygen atoms in total. The van der Waals surface area contributed by atoms with Gasteiger partial charge in [-0.05, 0) is 30.0 Å². The topological polar surface area (TPSA) is 30.5 Å². The van der Waals surface area contributed by atoms with E-state index in [-0.39, 0.29) is 18.5 Å². The van der Waals surface area contributed by atoms with Crippen molar-refractivity contribution in [2.24, 2.45) is 0 Å². The first kappa shape index (κ1) is 17.8. The Hall–Kier alpha value is -1.55. The van der Waals surface area contributed by atoms with Crippen LogP contribution in [0.1, 0.15) is 11.1 Å². The van der Waals surface area contributed by atoms with Gasteiger partial charge in [0, 0.05) is 13.1 Å². The summed E-state index contributed by atoms with van der Waals surface area (Å²) in [5, 5.41) is 3.33. The first-order chi connectivity index (χ1) is 10.9. The molecule has 124 valence electrons. The molecule has 1 atom stereocenters. The molecule has 4 heteroatoms. The van der Waals surface area contributed by atoms with E-state index in [0.717, 1.165) is 38.3 Å². The third-order valence-electron chi connectivity index (χ3n) is 3.93. The Balaban J connectivity index is 0.00000192. The molecule has 1 aliphatic heterocycles. The summed E-state index contributed by atoms with van der Waals surface area (Å²) in [6.45, 7) is 3.18. The summed E-state index contributed by atoms with van der Waals surface area (Å²) in [5.74, 6) is 0.979. The van der Waals surface area contributed by atoms with Crippen LogP contribution in [0.3, 0.4) is 0 Å². The fourth-order valence-electron chi connectivity index (χ4n) is 2.68. The maximum Gasteiger partial charge on any atom is 0.122 e. The fourth-order valence-corrected chi connectivity index (χ4v) is 2.68. The Morgan fingerprint density at radius 2 is 1.78 bits per heavy atom. The van der Waals surface area contributed by atoms with Crippen molar-refractivity contribution in [1.82, 2.24) is 5.32 Å². The highest BCUT2D eigenvalue weighted by Crippen LogP contribution is 2.20. The number of ether oxygens (including phenoxy) is 2. The molecule has 1 fully saturated rings. The monoisotopic (exact) mass is 333 g/mol. The zero-order valence-electron chi connectivity index (χ0n) is 13.2. The summed E-state index contributed by atoms with van der Waals surface area (Å²) >= 11 is 0. The number of aryl methyl sites for hydroxylation is 2. The maximum absolute atomic E-state index is 6.00. The Labute approximate surface area is 144 Å². The summed E-state index contributed by atoms with van der Waals surface area (Å²) in [4.78, 5) is 0. The van der Waals surface area contributed by atoms with E-state index in [1.807, 2.05) is 6.07 Å². The molecule has 0 aliphatic carbocycles. The molecule has 2 aromatic carbocycles. The summed E-state index contributed by atoms with van der Waals surface area (Å²) in [5.41, 5.74) is 2.62. The molecule has 1 aliphatic rings. The lowest BCUT2D eigenvalue weighted by atomic mass is 10.0. The normalized spacial score (nSPS) is 17.3. The van der Waals surface area contributed by atoms with Crippen LogP contribution in [0.2, 0.25) is 0 Å². The molecule has 1 heterocycles. The minimum atomic E-state index is 0. The van der Waals surface area contributed by atoms with Crippen molar-refractivity contribution in [3.63, 3.8) is 0 Å². The van der Waals surface area contributed by atoms with Gasteiger partial charge in [-0.25, -0.2) is 0 Å². The molecule has 1 saturated heterocycles. The van der Waals surface area contributed by atoms with Gasteiger partial charge >= 0.3 is 0 Å². The molecule has 0 aromatic heterocycles. The Bertz CT molecular complexity index is 571. The number of morpholine rings is 1. The Morgan fingerprint density at radius 3 is 2.57 bits per heavy atom. The number of hydrogen-bond donors (Lipinski definition) is 1. The number of nitrogens with one attached hydrogen (secondary N) is 1. The average molecular weight is 334 g/mol. The van der Waals surface area contributed by atoms with Crippen LogP contribution in [0.25, 0.3) is 0 Å². The van der Waals surface area contributed by atoms with E-state index in [9.17, 15) is 0 Å². The molecule has 1 N–H and O–H groups in total. The van der Waals surface area contributed by atoms with Crippen LogP contribution >= 0.6 is 12.4 Å². The van der Waals surface area contributed by atoms with Crippen LogP contribution in [-0.2, 0) is 17.6 Å². The third kappa shape index (κ3) is 5.54. The Kier molecular flexibility index (Phi) is 7.40. The predicted molar refractivity (Wildman–Crippen MR) is 95.6 cm³/mol. The van der Waals surface area contributed by atoms with E-state index < -0.39 is 0 Å². The maximum atomic E-state index is 6.00. The highest BCUT2D eigenvalue weighted by atomic mass is 35.5. The molecule has 23 heavy (non-hydrogen) atoms. The van der Waals surface area contributed by atoms with Crippen molar-refractivity contribution < 1.29 is 9.47 Å². The van der Waals surface area contributed by atoms with E-state index in [4.69, 9.17) is 9.47 Å². The predicted octanol–water partition coefficient (Wildman–Crippen LogP) is 3.26. The van der Waals surface area contributed by atoms with Gasteiger partial charge < -0.3 is 14.8 Å². The highest BCUT2D eigenvalue weighted by Gasteiger charge is 2.14.